The number of alkyl halides is 4. The molecule has 1 spiro atoms. The molecule has 8 aliphatic rings. The molecule has 0 radical (unpaired) electrons. The van der Waals surface area contributed by atoms with Crippen molar-refractivity contribution in [1.29, 1.82) is 0 Å². The third-order valence-corrected chi connectivity index (χ3v) is 24.8. The van der Waals surface area contributed by atoms with Gasteiger partial charge in [-0.15, -0.1) is 11.6 Å². The van der Waals surface area contributed by atoms with Gasteiger partial charge < -0.3 is 60.0 Å². The summed E-state index contributed by atoms with van der Waals surface area (Å²) in [6.45, 7) is 3.06. The molecule has 12 amide bonds. The molecule has 10 atom stereocenters. The third kappa shape index (κ3) is 21.3. The molecule has 3 saturated heterocycles. The Morgan fingerprint density at radius 2 is 1.10 bits per heavy atom. The summed E-state index contributed by atoms with van der Waals surface area (Å²) < 4.78 is 42.1. The molecule has 5 saturated carbocycles. The molecule has 0 bridgehead atoms. The molecule has 3 N–H and O–H groups in total. The SMILES string of the molecule is CC(C)C[C@H]1C(=O)N[C@@H](CC2CCCC2)C(=O)N(C)CC(=O)N(C)CC(=O)N(C)[C@@H](CC2CCCCC2)C(=O)N(C)CC(=O)N[C@@H](CCC2CCC(C(F)(F)F)C(Cl)C2)C(=O)N2CCC[C@H]2C(=O)NC2(CCCC2)C(=O)N(C)[C@@H](C2CCCCC2)C(=O)N(C)[C@H](C(=O)N2CCCCC2)CC(=O)N1C. The minimum atomic E-state index is -4.51. The zero-order chi connectivity index (χ0) is 75.2. The van der Waals surface area contributed by atoms with E-state index in [0.29, 0.717) is 58.0 Å². The zero-order valence-electron chi connectivity index (χ0n) is 62.9. The Labute approximate surface area is 613 Å². The van der Waals surface area contributed by atoms with Crippen molar-refractivity contribution in [1.82, 2.24) is 60.0 Å². The smallest absolute Gasteiger partial charge is 0.343 e. The highest BCUT2D eigenvalue weighted by molar-refractivity contribution is 6.21. The van der Waals surface area contributed by atoms with Gasteiger partial charge in [0.1, 0.15) is 47.8 Å². The van der Waals surface area contributed by atoms with Crippen molar-refractivity contribution >= 4 is 82.5 Å². The molecule has 3 heterocycles. The Kier molecular flexibility index (Phi) is 29.8. The average Bonchev–Trinajstić information content (AvgIpc) is 1.77. The van der Waals surface area contributed by atoms with Crippen LogP contribution in [0.25, 0.3) is 0 Å². The molecule has 580 valence electrons. The van der Waals surface area contributed by atoms with E-state index in [0.717, 1.165) is 88.4 Å². The maximum absolute atomic E-state index is 15.9. The van der Waals surface area contributed by atoms with E-state index in [1.54, 1.807) is 11.9 Å². The van der Waals surface area contributed by atoms with Crippen LogP contribution in [0.4, 0.5) is 13.2 Å². The van der Waals surface area contributed by atoms with Crippen LogP contribution in [0, 0.1) is 35.5 Å². The van der Waals surface area contributed by atoms with Gasteiger partial charge in [-0.2, -0.15) is 13.2 Å². The van der Waals surface area contributed by atoms with Gasteiger partial charge in [0.25, 0.3) is 0 Å². The fraction of sp³-hybridized carbons (Fsp3) is 0.840. The number of hydrogen-bond acceptors (Lipinski definition) is 12. The summed E-state index contributed by atoms with van der Waals surface area (Å²) in [5.74, 6) is -9.74. The lowest BCUT2D eigenvalue weighted by atomic mass is 9.78. The van der Waals surface area contributed by atoms with Crippen LogP contribution >= 0.6 is 11.6 Å². The highest BCUT2D eigenvalue weighted by atomic mass is 35.5. The van der Waals surface area contributed by atoms with Gasteiger partial charge in [0.2, 0.25) is 70.9 Å². The zero-order valence-corrected chi connectivity index (χ0v) is 63.6. The first-order valence-electron chi connectivity index (χ1n) is 38.8. The van der Waals surface area contributed by atoms with E-state index in [2.05, 4.69) is 16.0 Å². The first-order valence-corrected chi connectivity index (χ1v) is 39.2. The molecule has 0 aromatic carbocycles. The largest absolute Gasteiger partial charge is 0.393 e. The van der Waals surface area contributed by atoms with Crippen molar-refractivity contribution in [3.8, 4) is 0 Å². The Morgan fingerprint density at radius 1 is 0.524 bits per heavy atom. The lowest BCUT2D eigenvalue weighted by Gasteiger charge is -2.43. The highest BCUT2D eigenvalue weighted by Gasteiger charge is 2.52. The van der Waals surface area contributed by atoms with E-state index in [1.165, 1.54) is 76.6 Å². The fourth-order valence-corrected chi connectivity index (χ4v) is 18.5. The van der Waals surface area contributed by atoms with Crippen LogP contribution in [0.5, 0.6) is 0 Å². The van der Waals surface area contributed by atoms with E-state index in [9.17, 15) is 37.1 Å². The van der Waals surface area contributed by atoms with E-state index in [4.69, 9.17) is 11.6 Å². The molecular formula is C75H120ClF3N12O12. The minimum absolute atomic E-state index is 0.00506. The molecule has 3 aliphatic heterocycles. The van der Waals surface area contributed by atoms with Gasteiger partial charge in [-0.1, -0.05) is 104 Å². The Hall–Kier alpha value is -6.28. The van der Waals surface area contributed by atoms with E-state index in [1.807, 2.05) is 13.8 Å². The van der Waals surface area contributed by atoms with Gasteiger partial charge in [0.05, 0.1) is 32.0 Å². The summed E-state index contributed by atoms with van der Waals surface area (Å²) in [6.07, 6.45) is 11.4. The maximum Gasteiger partial charge on any atom is 0.393 e. The van der Waals surface area contributed by atoms with Crippen molar-refractivity contribution in [2.24, 2.45) is 35.5 Å². The number of amides is 12. The van der Waals surface area contributed by atoms with E-state index in [-0.39, 0.29) is 107 Å². The van der Waals surface area contributed by atoms with Gasteiger partial charge in [-0.25, -0.2) is 0 Å². The Morgan fingerprint density at radius 3 is 1.71 bits per heavy atom. The van der Waals surface area contributed by atoms with E-state index < -0.39 is 162 Å². The summed E-state index contributed by atoms with van der Waals surface area (Å²) in [4.78, 5) is 193. The predicted molar refractivity (Wildman–Crippen MR) is 382 cm³/mol. The summed E-state index contributed by atoms with van der Waals surface area (Å²) in [5, 5.41) is 7.75. The standard InChI is InChI=1S/C75H120ClF3N12O12/c1-48(2)40-58-66(96)81-56(42-49-26-17-18-27-49)68(98)85(5)46-63(94)83(3)47-64(95)87(7)59(43-50-24-13-10-14-25-50)70(100)84(4)45-61(92)80-55(34-32-51-31-33-53(54(76)41-51)75(77,78)79)69(99)91-39-23-30-57(91)67(97)82-74(35-19-20-36-74)73(103)89(9)65(52-28-15-11-16-29-52)72(102)88(8)60(44-62(93)86(58)6)71(101)90-37-21-12-22-38-90/h48-60,65H,10-47H2,1-9H3,(H,80,92)(H,81,96)(H,82,97)/t51?,53?,54?,55-,56-,57-,58-,59-,60-,65-/m0/s1. The number of fused-ring (bicyclic) bond motifs is 1. The van der Waals surface area contributed by atoms with Gasteiger partial charge >= 0.3 is 6.18 Å². The molecular weight excluding hydrogens is 1350 g/mol. The molecule has 3 unspecified atom stereocenters. The van der Waals surface area contributed by atoms with Crippen molar-refractivity contribution in [3.05, 3.63) is 0 Å². The van der Waals surface area contributed by atoms with Crippen LogP contribution in [-0.4, -0.2) is 263 Å². The van der Waals surface area contributed by atoms with Gasteiger partial charge in [-0.3, -0.25) is 57.5 Å². The summed E-state index contributed by atoms with van der Waals surface area (Å²) in [7, 11) is 10.2. The predicted octanol–water partition coefficient (Wildman–Crippen LogP) is 7.02. The molecule has 103 heavy (non-hydrogen) atoms. The van der Waals surface area contributed by atoms with Crippen LogP contribution in [-0.2, 0) is 57.5 Å². The lowest BCUT2D eigenvalue weighted by Crippen LogP contribution is -2.65. The number of piperidine rings is 1. The maximum atomic E-state index is 15.9. The number of halogens is 4. The number of carbonyl (C=O) groups is 12. The van der Waals surface area contributed by atoms with Crippen molar-refractivity contribution in [2.45, 2.75) is 279 Å². The molecule has 8 rings (SSSR count). The van der Waals surface area contributed by atoms with E-state index >= 15 is 33.6 Å². The molecule has 0 aromatic rings. The van der Waals surface area contributed by atoms with Crippen molar-refractivity contribution in [3.63, 3.8) is 0 Å². The summed E-state index contributed by atoms with van der Waals surface area (Å²) >= 11 is 6.42. The first-order chi connectivity index (χ1) is 48.8. The number of rotatable bonds is 11. The lowest BCUT2D eigenvalue weighted by molar-refractivity contribution is -0.182. The van der Waals surface area contributed by atoms with Crippen LogP contribution in [0.3, 0.4) is 0 Å². The summed E-state index contributed by atoms with van der Waals surface area (Å²) in [5.41, 5.74) is -1.55. The normalized spacial score (nSPS) is 30.2. The molecule has 28 heteroatoms. The number of likely N-dealkylation sites (tertiary alicyclic amines) is 1. The minimum Gasteiger partial charge on any atom is -0.343 e. The Balaban J connectivity index is 1.16. The second-order valence-corrected chi connectivity index (χ2v) is 32.9. The topological polar surface area (TPSA) is 270 Å². The van der Waals surface area contributed by atoms with Crippen molar-refractivity contribution < 1.29 is 70.7 Å². The first kappa shape index (κ1) is 82.4. The third-order valence-electron chi connectivity index (χ3n) is 24.3. The molecule has 8 fully saturated rings. The second-order valence-electron chi connectivity index (χ2n) is 32.3. The number of nitrogens with one attached hydrogen (secondary N) is 3. The highest BCUT2D eigenvalue weighted by Crippen LogP contribution is 2.44. The molecule has 5 aliphatic carbocycles. The number of likely N-dealkylation sites (N-methyl/N-ethyl adjacent to an activating group) is 7. The fourth-order valence-electron chi connectivity index (χ4n) is 18.0. The van der Waals surface area contributed by atoms with Crippen LogP contribution in [0.15, 0.2) is 0 Å². The van der Waals surface area contributed by atoms with Crippen LogP contribution in [0.2, 0.25) is 0 Å². The van der Waals surface area contributed by atoms with Crippen LogP contribution in [0.1, 0.15) is 219 Å². The second kappa shape index (κ2) is 37.3. The van der Waals surface area contributed by atoms with Crippen molar-refractivity contribution in [2.75, 3.05) is 88.6 Å². The van der Waals surface area contributed by atoms with Crippen LogP contribution < -0.4 is 16.0 Å². The molecule has 0 aromatic heterocycles. The van der Waals surface area contributed by atoms with Gasteiger partial charge in [-0.05, 0) is 139 Å². The number of nitrogens with zero attached hydrogens (tertiary/aromatic N) is 9. The molecule has 24 nitrogen and oxygen atoms in total. The number of hydrogen-bond donors (Lipinski definition) is 3. The monoisotopic (exact) mass is 1470 g/mol. The quantitative estimate of drug-likeness (QED) is 0.176. The average molecular weight is 1470 g/mol. The van der Waals surface area contributed by atoms with Gasteiger partial charge in [0, 0.05) is 74.3 Å². The summed E-state index contributed by atoms with van der Waals surface area (Å²) in [6, 6.07) is -8.41. The number of carbonyl (C=O) groups excluding carboxylic acids is 12. The van der Waals surface area contributed by atoms with Gasteiger partial charge in [0.15, 0.2) is 0 Å². The Bertz CT molecular complexity index is 2990.